The molecule has 2 rings (SSSR count). The Balaban J connectivity index is 2.65. The number of benzene rings is 1. The maximum Gasteiger partial charge on any atom is 0.314 e. The van der Waals surface area contributed by atoms with E-state index in [0.717, 1.165) is 12.8 Å². The van der Waals surface area contributed by atoms with Crippen LogP contribution in [0.15, 0.2) is 12.1 Å². The van der Waals surface area contributed by atoms with Gasteiger partial charge in [0.15, 0.2) is 17.8 Å². The van der Waals surface area contributed by atoms with E-state index < -0.39 is 11.4 Å². The lowest BCUT2D eigenvalue weighted by Gasteiger charge is -2.26. The molecule has 0 aliphatic heterocycles. The zero-order chi connectivity index (χ0) is 14.0. The number of ether oxygens (including phenoxy) is 1. The summed E-state index contributed by atoms with van der Waals surface area (Å²) >= 11 is 0. The highest BCUT2D eigenvalue weighted by molar-refractivity contribution is 5.88. The van der Waals surface area contributed by atoms with Gasteiger partial charge < -0.3 is 14.9 Å². The standard InChI is InChI=1S/C14H16O5/c1-19-12-7-10(9(8-15)6-11(12)16)14(13(17)18)4-2-3-5-14/h6-8,16H,2-5H2,1H3,(H,17,18). The van der Waals surface area contributed by atoms with Crippen LogP contribution in [0.2, 0.25) is 0 Å². The topological polar surface area (TPSA) is 83.8 Å². The van der Waals surface area contributed by atoms with E-state index in [1.165, 1.54) is 19.2 Å². The van der Waals surface area contributed by atoms with Gasteiger partial charge in [-0.3, -0.25) is 9.59 Å². The molecule has 0 radical (unpaired) electrons. The molecule has 1 aliphatic rings. The van der Waals surface area contributed by atoms with Crippen LogP contribution in [0, 0.1) is 0 Å². The zero-order valence-electron chi connectivity index (χ0n) is 10.7. The largest absolute Gasteiger partial charge is 0.504 e. The van der Waals surface area contributed by atoms with E-state index in [1.807, 2.05) is 0 Å². The van der Waals surface area contributed by atoms with Crippen molar-refractivity contribution in [3.05, 3.63) is 23.3 Å². The molecule has 0 aromatic heterocycles. The molecule has 19 heavy (non-hydrogen) atoms. The Hall–Kier alpha value is -2.04. The van der Waals surface area contributed by atoms with Crippen molar-refractivity contribution in [3.8, 4) is 11.5 Å². The van der Waals surface area contributed by atoms with Crippen LogP contribution >= 0.6 is 0 Å². The first-order chi connectivity index (χ1) is 9.05. The predicted octanol–water partition coefficient (Wildman–Crippen LogP) is 2.11. The van der Waals surface area contributed by atoms with E-state index in [9.17, 15) is 19.8 Å². The van der Waals surface area contributed by atoms with Crippen molar-refractivity contribution < 1.29 is 24.5 Å². The van der Waals surface area contributed by atoms with E-state index >= 15 is 0 Å². The SMILES string of the molecule is COc1cc(C2(C(=O)O)CCCC2)c(C=O)cc1O. The van der Waals surface area contributed by atoms with Gasteiger partial charge in [-0.25, -0.2) is 0 Å². The average Bonchev–Trinajstić information content (AvgIpc) is 2.88. The molecule has 5 nitrogen and oxygen atoms in total. The minimum absolute atomic E-state index is 0.160. The molecule has 0 saturated heterocycles. The number of carbonyl (C=O) groups is 2. The van der Waals surface area contributed by atoms with Gasteiger partial charge in [-0.1, -0.05) is 12.8 Å². The summed E-state index contributed by atoms with van der Waals surface area (Å²) in [6.45, 7) is 0. The monoisotopic (exact) mass is 264 g/mol. The second-order valence-electron chi connectivity index (χ2n) is 4.82. The number of phenolic OH excluding ortho intramolecular Hbond substituents is 1. The van der Waals surface area contributed by atoms with Gasteiger partial charge in [0.1, 0.15) is 0 Å². The summed E-state index contributed by atoms with van der Waals surface area (Å²) in [6.07, 6.45) is 3.20. The molecule has 0 amide bonds. The predicted molar refractivity (Wildman–Crippen MR) is 67.8 cm³/mol. The highest BCUT2D eigenvalue weighted by Crippen LogP contribution is 2.45. The summed E-state index contributed by atoms with van der Waals surface area (Å²) in [5, 5.41) is 19.2. The number of aldehydes is 1. The third-order valence-corrected chi connectivity index (χ3v) is 3.86. The van der Waals surface area contributed by atoms with Crippen LogP contribution in [0.3, 0.4) is 0 Å². The van der Waals surface area contributed by atoms with Crippen LogP contribution in [0.1, 0.15) is 41.6 Å². The fourth-order valence-corrected chi connectivity index (χ4v) is 2.84. The molecule has 0 spiro atoms. The van der Waals surface area contributed by atoms with Gasteiger partial charge in [0.05, 0.1) is 12.5 Å². The molecule has 5 heteroatoms. The second kappa shape index (κ2) is 4.91. The number of phenols is 1. The van der Waals surface area contributed by atoms with Crippen molar-refractivity contribution in [1.82, 2.24) is 0 Å². The van der Waals surface area contributed by atoms with Crippen LogP contribution in [-0.2, 0) is 10.2 Å². The Bertz CT molecular complexity index is 515. The van der Waals surface area contributed by atoms with Crippen molar-refractivity contribution >= 4 is 12.3 Å². The molecule has 1 fully saturated rings. The van der Waals surface area contributed by atoms with Gasteiger partial charge in [0.2, 0.25) is 0 Å². The Morgan fingerprint density at radius 2 is 2.00 bits per heavy atom. The molecule has 1 aromatic rings. The molecule has 0 bridgehead atoms. The van der Waals surface area contributed by atoms with E-state index in [2.05, 4.69) is 0 Å². The third-order valence-electron chi connectivity index (χ3n) is 3.86. The molecule has 0 heterocycles. The lowest BCUT2D eigenvalue weighted by molar-refractivity contribution is -0.143. The lowest BCUT2D eigenvalue weighted by atomic mass is 9.76. The van der Waals surface area contributed by atoms with Crippen molar-refractivity contribution in [2.75, 3.05) is 7.11 Å². The van der Waals surface area contributed by atoms with Crippen molar-refractivity contribution in [3.63, 3.8) is 0 Å². The highest BCUT2D eigenvalue weighted by Gasteiger charge is 2.44. The summed E-state index contributed by atoms with van der Waals surface area (Å²) in [6, 6.07) is 2.74. The van der Waals surface area contributed by atoms with Crippen molar-refractivity contribution in [2.24, 2.45) is 0 Å². The Labute approximate surface area is 110 Å². The van der Waals surface area contributed by atoms with Gasteiger partial charge in [-0.15, -0.1) is 0 Å². The van der Waals surface area contributed by atoms with E-state index in [-0.39, 0.29) is 17.1 Å². The molecule has 0 atom stereocenters. The number of hydrogen-bond acceptors (Lipinski definition) is 4. The molecule has 1 saturated carbocycles. The summed E-state index contributed by atoms with van der Waals surface area (Å²) < 4.78 is 5.01. The fraction of sp³-hybridized carbons (Fsp3) is 0.429. The quantitative estimate of drug-likeness (QED) is 0.814. The van der Waals surface area contributed by atoms with E-state index in [1.54, 1.807) is 0 Å². The summed E-state index contributed by atoms with van der Waals surface area (Å²) in [7, 11) is 1.39. The molecular weight excluding hydrogens is 248 g/mol. The fourth-order valence-electron chi connectivity index (χ4n) is 2.84. The van der Waals surface area contributed by atoms with Gasteiger partial charge in [0.25, 0.3) is 0 Å². The zero-order valence-corrected chi connectivity index (χ0v) is 10.7. The van der Waals surface area contributed by atoms with Crippen LogP contribution in [0.5, 0.6) is 11.5 Å². The molecule has 2 N–H and O–H groups in total. The minimum atomic E-state index is -1.04. The number of carboxylic acid groups (broad SMARTS) is 1. The average molecular weight is 264 g/mol. The first-order valence-electron chi connectivity index (χ1n) is 6.15. The van der Waals surface area contributed by atoms with Crippen LogP contribution < -0.4 is 4.74 Å². The van der Waals surface area contributed by atoms with E-state index in [4.69, 9.17) is 4.74 Å². The number of hydrogen-bond donors (Lipinski definition) is 2. The van der Waals surface area contributed by atoms with Crippen LogP contribution in [-0.4, -0.2) is 29.6 Å². The molecule has 1 aliphatic carbocycles. The smallest absolute Gasteiger partial charge is 0.314 e. The maximum absolute atomic E-state index is 11.7. The summed E-state index contributed by atoms with van der Waals surface area (Å²) in [4.78, 5) is 22.8. The maximum atomic E-state index is 11.7. The van der Waals surface area contributed by atoms with Gasteiger partial charge in [-0.05, 0) is 30.5 Å². The molecule has 102 valence electrons. The number of methoxy groups -OCH3 is 1. The molecule has 0 unspecified atom stereocenters. The van der Waals surface area contributed by atoms with Crippen LogP contribution in [0.25, 0.3) is 0 Å². The number of aromatic hydroxyl groups is 1. The normalized spacial score (nSPS) is 17.1. The third kappa shape index (κ3) is 2.05. The minimum Gasteiger partial charge on any atom is -0.504 e. The van der Waals surface area contributed by atoms with Crippen molar-refractivity contribution in [1.29, 1.82) is 0 Å². The van der Waals surface area contributed by atoms with E-state index in [0.29, 0.717) is 24.7 Å². The lowest BCUT2D eigenvalue weighted by Crippen LogP contribution is -2.33. The Morgan fingerprint density at radius 1 is 1.37 bits per heavy atom. The van der Waals surface area contributed by atoms with Crippen LogP contribution in [0.4, 0.5) is 0 Å². The number of aliphatic carboxylic acids is 1. The Morgan fingerprint density at radius 3 is 2.47 bits per heavy atom. The summed E-state index contributed by atoms with van der Waals surface area (Å²) in [5.41, 5.74) is -0.401. The first kappa shape index (κ1) is 13.4. The second-order valence-corrected chi connectivity index (χ2v) is 4.82. The molecule has 1 aromatic carbocycles. The first-order valence-corrected chi connectivity index (χ1v) is 6.15. The Kier molecular flexibility index (Phi) is 3.46. The molecular formula is C14H16O5. The van der Waals surface area contributed by atoms with Crippen molar-refractivity contribution in [2.45, 2.75) is 31.1 Å². The number of carboxylic acids is 1. The summed E-state index contributed by atoms with van der Waals surface area (Å²) in [5.74, 6) is -0.902. The highest BCUT2D eigenvalue weighted by atomic mass is 16.5. The van der Waals surface area contributed by atoms with Gasteiger partial charge in [0, 0.05) is 5.56 Å². The van der Waals surface area contributed by atoms with Gasteiger partial charge in [-0.2, -0.15) is 0 Å². The van der Waals surface area contributed by atoms with Gasteiger partial charge >= 0.3 is 5.97 Å². The number of rotatable bonds is 4. The number of carbonyl (C=O) groups excluding carboxylic acids is 1.